The van der Waals surface area contributed by atoms with Gasteiger partial charge in [-0.05, 0) is 85.4 Å². The van der Waals surface area contributed by atoms with Gasteiger partial charge in [0.05, 0.1) is 0 Å². The van der Waals surface area contributed by atoms with Crippen LogP contribution in [0.2, 0.25) is 0 Å². The Morgan fingerprint density at radius 2 is 1.81 bits per heavy atom. The summed E-state index contributed by atoms with van der Waals surface area (Å²) in [7, 11) is 0. The molecule has 0 saturated heterocycles. The lowest BCUT2D eigenvalue weighted by Crippen LogP contribution is -2.54. The van der Waals surface area contributed by atoms with Gasteiger partial charge in [-0.25, -0.2) is 0 Å². The molecule has 21 heavy (non-hydrogen) atoms. The summed E-state index contributed by atoms with van der Waals surface area (Å²) in [5, 5.41) is 10.0. The average Bonchev–Trinajstić information content (AvgIpc) is 2.46. The summed E-state index contributed by atoms with van der Waals surface area (Å²) < 4.78 is 0. The van der Waals surface area contributed by atoms with Crippen LogP contribution in [-0.2, 0) is 0 Å². The van der Waals surface area contributed by atoms with Gasteiger partial charge in [-0.2, -0.15) is 0 Å². The Bertz CT molecular complexity index is 376. The van der Waals surface area contributed by atoms with Gasteiger partial charge in [-0.1, -0.05) is 34.1 Å². The van der Waals surface area contributed by atoms with Gasteiger partial charge >= 0.3 is 0 Å². The van der Waals surface area contributed by atoms with Crippen LogP contribution in [0.15, 0.2) is 0 Å². The molecule has 3 aliphatic rings. The van der Waals surface area contributed by atoms with Crippen LogP contribution in [0, 0.1) is 40.4 Å². The van der Waals surface area contributed by atoms with Crippen LogP contribution < -0.4 is 0 Å². The van der Waals surface area contributed by atoms with E-state index in [-0.39, 0.29) is 5.41 Å². The van der Waals surface area contributed by atoms with Gasteiger partial charge in [0.25, 0.3) is 0 Å². The molecule has 1 heteroatoms. The van der Waals surface area contributed by atoms with E-state index >= 15 is 0 Å². The Kier molecular flexibility index (Phi) is 4.19. The Morgan fingerprint density at radius 1 is 1.05 bits per heavy atom. The van der Waals surface area contributed by atoms with Gasteiger partial charge in [-0.3, -0.25) is 0 Å². The minimum absolute atomic E-state index is 0.201. The standard InChI is InChI=1S/C20H36O/c1-14(2)15-6-8-17-16(12-15)7-9-18-19(3,13-21)10-5-11-20(17,18)4/h14-18,21H,5-13H2,1-4H3/t15?,16?,17?,18?,19-,20+/m1/s1. The lowest BCUT2D eigenvalue weighted by atomic mass is 9.44. The lowest BCUT2D eigenvalue weighted by Gasteiger charge is -2.61. The fourth-order valence-electron chi connectivity index (χ4n) is 6.80. The van der Waals surface area contributed by atoms with E-state index in [1.807, 2.05) is 0 Å². The van der Waals surface area contributed by atoms with E-state index in [2.05, 4.69) is 27.7 Å². The third-order valence-corrected chi connectivity index (χ3v) is 8.10. The van der Waals surface area contributed by atoms with Gasteiger partial charge in [-0.15, -0.1) is 0 Å². The molecule has 6 atom stereocenters. The van der Waals surface area contributed by atoms with Gasteiger partial charge in [0.15, 0.2) is 0 Å². The van der Waals surface area contributed by atoms with Crippen molar-refractivity contribution in [1.82, 2.24) is 0 Å². The topological polar surface area (TPSA) is 20.2 Å². The molecule has 4 unspecified atom stereocenters. The number of fused-ring (bicyclic) bond motifs is 3. The van der Waals surface area contributed by atoms with Crippen molar-refractivity contribution < 1.29 is 5.11 Å². The number of hydrogen-bond acceptors (Lipinski definition) is 1. The number of rotatable bonds is 2. The summed E-state index contributed by atoms with van der Waals surface area (Å²) >= 11 is 0. The summed E-state index contributed by atoms with van der Waals surface area (Å²) in [6.07, 6.45) is 11.2. The van der Waals surface area contributed by atoms with Gasteiger partial charge < -0.3 is 5.11 Å². The molecule has 0 aromatic rings. The highest BCUT2D eigenvalue weighted by Gasteiger charge is 2.56. The molecule has 1 N–H and O–H groups in total. The highest BCUT2D eigenvalue weighted by atomic mass is 16.3. The summed E-state index contributed by atoms with van der Waals surface area (Å²) in [6.45, 7) is 10.2. The Morgan fingerprint density at radius 3 is 2.48 bits per heavy atom. The first-order chi connectivity index (χ1) is 9.90. The maximum Gasteiger partial charge on any atom is 0.0487 e. The molecule has 0 radical (unpaired) electrons. The highest BCUT2D eigenvalue weighted by molar-refractivity contribution is 5.05. The van der Waals surface area contributed by atoms with E-state index in [1.165, 1.54) is 51.4 Å². The van der Waals surface area contributed by atoms with Crippen molar-refractivity contribution in [3.8, 4) is 0 Å². The lowest BCUT2D eigenvalue weighted by molar-refractivity contribution is -0.135. The Labute approximate surface area is 131 Å². The molecular weight excluding hydrogens is 256 g/mol. The van der Waals surface area contributed by atoms with E-state index in [0.717, 1.165) is 29.6 Å². The van der Waals surface area contributed by atoms with E-state index in [1.54, 1.807) is 0 Å². The van der Waals surface area contributed by atoms with Crippen molar-refractivity contribution >= 4 is 0 Å². The minimum Gasteiger partial charge on any atom is -0.396 e. The van der Waals surface area contributed by atoms with Gasteiger partial charge in [0.1, 0.15) is 0 Å². The van der Waals surface area contributed by atoms with Crippen molar-refractivity contribution in [3.05, 3.63) is 0 Å². The van der Waals surface area contributed by atoms with E-state index < -0.39 is 0 Å². The third-order valence-electron chi connectivity index (χ3n) is 8.10. The number of aliphatic hydroxyl groups is 1. The third kappa shape index (κ3) is 2.48. The fraction of sp³-hybridized carbons (Fsp3) is 1.00. The van der Waals surface area contributed by atoms with Crippen LogP contribution >= 0.6 is 0 Å². The summed E-state index contributed by atoms with van der Waals surface area (Å²) in [6, 6.07) is 0. The normalized spacial score (nSPS) is 50.6. The molecule has 0 heterocycles. The smallest absolute Gasteiger partial charge is 0.0487 e. The molecule has 3 aliphatic carbocycles. The maximum atomic E-state index is 10.0. The number of hydrogen-bond donors (Lipinski definition) is 1. The van der Waals surface area contributed by atoms with Gasteiger partial charge in [0.2, 0.25) is 0 Å². The molecule has 0 spiro atoms. The molecule has 0 amide bonds. The van der Waals surface area contributed by atoms with Crippen LogP contribution in [0.5, 0.6) is 0 Å². The van der Waals surface area contributed by atoms with Crippen LogP contribution in [0.1, 0.15) is 79.1 Å². The SMILES string of the molecule is CC(C)C1CCC2C(CCC3[C@@](C)(CO)CCC[C@@]23C)C1. The van der Waals surface area contributed by atoms with Crippen molar-refractivity contribution in [2.24, 2.45) is 40.4 Å². The molecule has 1 nitrogen and oxygen atoms in total. The van der Waals surface area contributed by atoms with E-state index in [0.29, 0.717) is 12.0 Å². The predicted molar refractivity (Wildman–Crippen MR) is 89.0 cm³/mol. The molecule has 0 bridgehead atoms. The second-order valence-electron chi connectivity index (χ2n) is 9.49. The quantitative estimate of drug-likeness (QED) is 0.734. The largest absolute Gasteiger partial charge is 0.396 e. The van der Waals surface area contributed by atoms with Crippen molar-refractivity contribution in [3.63, 3.8) is 0 Å². The molecule has 0 aromatic carbocycles. The zero-order valence-electron chi connectivity index (χ0n) is 14.7. The van der Waals surface area contributed by atoms with Crippen LogP contribution in [-0.4, -0.2) is 11.7 Å². The van der Waals surface area contributed by atoms with Gasteiger partial charge in [0, 0.05) is 6.61 Å². The molecular formula is C20H36O. The molecule has 3 saturated carbocycles. The summed E-state index contributed by atoms with van der Waals surface area (Å²) in [5.41, 5.74) is 0.716. The zero-order valence-corrected chi connectivity index (χ0v) is 14.7. The second-order valence-corrected chi connectivity index (χ2v) is 9.49. The van der Waals surface area contributed by atoms with Crippen molar-refractivity contribution in [2.75, 3.05) is 6.61 Å². The monoisotopic (exact) mass is 292 g/mol. The fourth-order valence-corrected chi connectivity index (χ4v) is 6.80. The molecule has 0 aliphatic heterocycles. The molecule has 0 aromatic heterocycles. The minimum atomic E-state index is 0.201. The maximum absolute atomic E-state index is 10.0. The van der Waals surface area contributed by atoms with Crippen molar-refractivity contribution in [2.45, 2.75) is 79.1 Å². The molecule has 122 valence electrons. The highest BCUT2D eigenvalue weighted by Crippen LogP contribution is 2.64. The first-order valence-electron chi connectivity index (χ1n) is 9.51. The first-order valence-corrected chi connectivity index (χ1v) is 9.51. The predicted octanol–water partition coefficient (Wildman–Crippen LogP) is 5.27. The zero-order chi connectivity index (χ0) is 15.3. The van der Waals surface area contributed by atoms with Crippen LogP contribution in [0.4, 0.5) is 0 Å². The van der Waals surface area contributed by atoms with E-state index in [9.17, 15) is 5.11 Å². The second kappa shape index (κ2) is 5.55. The summed E-state index contributed by atoms with van der Waals surface area (Å²) in [5.74, 6) is 4.52. The first kappa shape index (κ1) is 15.8. The summed E-state index contributed by atoms with van der Waals surface area (Å²) in [4.78, 5) is 0. The van der Waals surface area contributed by atoms with E-state index in [4.69, 9.17) is 0 Å². The van der Waals surface area contributed by atoms with Crippen molar-refractivity contribution in [1.29, 1.82) is 0 Å². The number of aliphatic hydroxyl groups excluding tert-OH is 1. The Balaban J connectivity index is 1.82. The molecule has 3 fully saturated rings. The average molecular weight is 293 g/mol. The molecule has 3 rings (SSSR count). The van der Waals surface area contributed by atoms with Crippen LogP contribution in [0.25, 0.3) is 0 Å². The Hall–Kier alpha value is -0.0400. The van der Waals surface area contributed by atoms with Crippen LogP contribution in [0.3, 0.4) is 0 Å².